The van der Waals surface area contributed by atoms with Crippen LogP contribution in [0.3, 0.4) is 0 Å². The van der Waals surface area contributed by atoms with Crippen LogP contribution in [0, 0.1) is 0 Å². The lowest BCUT2D eigenvalue weighted by Crippen LogP contribution is -2.12. The zero-order chi connectivity index (χ0) is 20.1. The summed E-state index contributed by atoms with van der Waals surface area (Å²) in [5.74, 6) is 0.189. The van der Waals surface area contributed by atoms with Crippen LogP contribution in [0.1, 0.15) is 44.4 Å². The Kier molecular flexibility index (Phi) is 6.49. The number of rotatable bonds is 8. The molecule has 1 unspecified atom stereocenters. The second kappa shape index (κ2) is 9.03. The summed E-state index contributed by atoms with van der Waals surface area (Å²) in [6.45, 7) is 7.04. The van der Waals surface area contributed by atoms with Crippen LogP contribution in [0.4, 0.5) is 4.79 Å². The number of benzene rings is 1. The monoisotopic (exact) mass is 386 g/mol. The van der Waals surface area contributed by atoms with E-state index >= 15 is 0 Å². The van der Waals surface area contributed by atoms with E-state index in [-0.39, 0.29) is 25.2 Å². The van der Waals surface area contributed by atoms with E-state index in [1.165, 1.54) is 0 Å². The van der Waals surface area contributed by atoms with Gasteiger partial charge in [-0.05, 0) is 38.0 Å². The molecule has 7 nitrogen and oxygen atoms in total. The quantitative estimate of drug-likeness (QED) is 0.555. The van der Waals surface area contributed by atoms with Crippen molar-refractivity contribution in [1.82, 2.24) is 9.97 Å². The molecular formula is C21H26N2O5. The fourth-order valence-electron chi connectivity index (χ4n) is 3.20. The molecule has 0 radical (unpaired) electrons. The minimum Gasteiger partial charge on any atom is -0.434 e. The minimum atomic E-state index is -0.783. The predicted octanol–water partition coefficient (Wildman–Crippen LogP) is 4.89. The van der Waals surface area contributed by atoms with Gasteiger partial charge in [-0.2, -0.15) is 0 Å². The molecule has 28 heavy (non-hydrogen) atoms. The Bertz CT molecular complexity index is 966. The van der Waals surface area contributed by atoms with Crippen molar-refractivity contribution in [3.05, 3.63) is 35.5 Å². The van der Waals surface area contributed by atoms with Gasteiger partial charge in [0.1, 0.15) is 0 Å². The second-order valence-corrected chi connectivity index (χ2v) is 6.49. The summed E-state index contributed by atoms with van der Waals surface area (Å²) >= 11 is 0. The number of hydrogen-bond acceptors (Lipinski definition) is 6. The van der Waals surface area contributed by atoms with Crippen molar-refractivity contribution in [3.8, 4) is 5.88 Å². The maximum absolute atomic E-state index is 11.8. The fourth-order valence-corrected chi connectivity index (χ4v) is 3.20. The lowest BCUT2D eigenvalue weighted by molar-refractivity contribution is 0.0663. The molecule has 1 aromatic carbocycles. The van der Waals surface area contributed by atoms with Crippen molar-refractivity contribution in [2.75, 3.05) is 20.3 Å². The smallest absolute Gasteiger partial charge is 0.434 e. The van der Waals surface area contributed by atoms with Crippen molar-refractivity contribution >= 4 is 28.0 Å². The van der Waals surface area contributed by atoms with Crippen LogP contribution in [0.25, 0.3) is 21.8 Å². The predicted molar refractivity (Wildman–Crippen MR) is 107 cm³/mol. The molecule has 0 fully saturated rings. The number of nitrogens with one attached hydrogen (secondary N) is 1. The average Bonchev–Trinajstić information content (AvgIpc) is 3.06. The van der Waals surface area contributed by atoms with Crippen molar-refractivity contribution in [2.24, 2.45) is 0 Å². The van der Waals surface area contributed by atoms with Crippen molar-refractivity contribution < 1.29 is 23.7 Å². The molecule has 0 bridgehead atoms. The zero-order valence-corrected chi connectivity index (χ0v) is 16.7. The third-order valence-corrected chi connectivity index (χ3v) is 4.49. The van der Waals surface area contributed by atoms with Gasteiger partial charge in [-0.1, -0.05) is 13.0 Å². The maximum atomic E-state index is 11.8. The molecule has 0 aliphatic heterocycles. The SMILES string of the molecule is CCCOC(C)c1ccc2[nH]c3cnc(OC(=O)OCC)c(COC)c3c2c1. The van der Waals surface area contributed by atoms with Gasteiger partial charge >= 0.3 is 6.16 Å². The molecule has 0 saturated heterocycles. The number of aromatic amines is 1. The summed E-state index contributed by atoms with van der Waals surface area (Å²) in [5, 5.41) is 1.92. The Morgan fingerprint density at radius 2 is 2.07 bits per heavy atom. The normalized spacial score (nSPS) is 12.4. The number of H-pyrrole nitrogens is 1. The molecule has 0 amide bonds. The summed E-state index contributed by atoms with van der Waals surface area (Å²) in [7, 11) is 1.59. The summed E-state index contributed by atoms with van der Waals surface area (Å²) < 4.78 is 21.4. The Hall–Kier alpha value is -2.64. The van der Waals surface area contributed by atoms with Crippen molar-refractivity contribution in [2.45, 2.75) is 39.9 Å². The van der Waals surface area contributed by atoms with Crippen LogP contribution >= 0.6 is 0 Å². The topological polar surface area (TPSA) is 82.7 Å². The largest absolute Gasteiger partial charge is 0.515 e. The van der Waals surface area contributed by atoms with Gasteiger partial charge in [-0.3, -0.25) is 0 Å². The molecule has 2 heterocycles. The number of methoxy groups -OCH3 is 1. The van der Waals surface area contributed by atoms with Gasteiger partial charge in [0.2, 0.25) is 5.88 Å². The average molecular weight is 386 g/mol. The highest BCUT2D eigenvalue weighted by Crippen LogP contribution is 2.34. The zero-order valence-electron chi connectivity index (χ0n) is 16.7. The maximum Gasteiger partial charge on any atom is 0.515 e. The second-order valence-electron chi connectivity index (χ2n) is 6.49. The highest BCUT2D eigenvalue weighted by molar-refractivity contribution is 6.09. The molecule has 0 saturated carbocycles. The Morgan fingerprint density at radius 3 is 2.79 bits per heavy atom. The first-order chi connectivity index (χ1) is 13.6. The van der Waals surface area contributed by atoms with Gasteiger partial charge in [0.25, 0.3) is 0 Å². The molecule has 1 N–H and O–H groups in total. The standard InChI is InChI=1S/C21H26N2O5/c1-5-9-27-13(3)14-7-8-17-15(10-14)19-16(12-25-4)20(22-11-18(19)23-17)28-21(24)26-6-2/h7-8,10-11,13,23H,5-6,9,12H2,1-4H3. The van der Waals surface area contributed by atoms with E-state index in [4.69, 9.17) is 18.9 Å². The summed E-state index contributed by atoms with van der Waals surface area (Å²) in [6.07, 6.45) is 1.82. The van der Waals surface area contributed by atoms with Crippen LogP contribution < -0.4 is 4.74 Å². The summed E-state index contributed by atoms with van der Waals surface area (Å²) in [4.78, 5) is 19.4. The summed E-state index contributed by atoms with van der Waals surface area (Å²) in [6, 6.07) is 6.18. The highest BCUT2D eigenvalue weighted by atomic mass is 16.7. The molecule has 0 spiro atoms. The molecule has 0 aliphatic rings. The van der Waals surface area contributed by atoms with Gasteiger partial charge in [0.05, 0.1) is 36.6 Å². The first-order valence-corrected chi connectivity index (χ1v) is 9.47. The molecular weight excluding hydrogens is 360 g/mol. The molecule has 150 valence electrons. The van der Waals surface area contributed by atoms with Crippen LogP contribution in [0.5, 0.6) is 5.88 Å². The van der Waals surface area contributed by atoms with Gasteiger partial charge in [0.15, 0.2) is 0 Å². The molecule has 3 aromatic rings. The van der Waals surface area contributed by atoms with E-state index in [0.29, 0.717) is 12.2 Å². The Balaban J connectivity index is 2.11. The number of carbonyl (C=O) groups excluding carboxylic acids is 1. The van der Waals surface area contributed by atoms with E-state index in [0.717, 1.165) is 33.8 Å². The first-order valence-electron chi connectivity index (χ1n) is 9.47. The molecule has 1 atom stereocenters. The lowest BCUT2D eigenvalue weighted by atomic mass is 10.0. The number of hydrogen-bond donors (Lipinski definition) is 1. The van der Waals surface area contributed by atoms with Crippen LogP contribution in [0.15, 0.2) is 24.4 Å². The number of carbonyl (C=O) groups is 1. The van der Waals surface area contributed by atoms with E-state index in [2.05, 4.69) is 29.0 Å². The van der Waals surface area contributed by atoms with Crippen molar-refractivity contribution in [1.29, 1.82) is 0 Å². The number of fused-ring (bicyclic) bond motifs is 3. The molecule has 7 heteroatoms. The third kappa shape index (κ3) is 4.10. The number of nitrogens with zero attached hydrogens (tertiary/aromatic N) is 1. The van der Waals surface area contributed by atoms with Crippen LogP contribution in [-0.4, -0.2) is 36.4 Å². The van der Waals surface area contributed by atoms with E-state index in [1.807, 2.05) is 13.0 Å². The third-order valence-electron chi connectivity index (χ3n) is 4.49. The summed E-state index contributed by atoms with van der Waals surface area (Å²) in [5.41, 5.74) is 3.58. The lowest BCUT2D eigenvalue weighted by Gasteiger charge is -2.13. The number of ether oxygens (including phenoxy) is 4. The van der Waals surface area contributed by atoms with Gasteiger partial charge < -0.3 is 23.9 Å². The molecule has 0 aliphatic carbocycles. The van der Waals surface area contributed by atoms with Crippen LogP contribution in [0.2, 0.25) is 0 Å². The van der Waals surface area contributed by atoms with Crippen molar-refractivity contribution in [3.63, 3.8) is 0 Å². The van der Waals surface area contributed by atoms with Crippen LogP contribution in [-0.2, 0) is 20.8 Å². The molecule has 2 aromatic heterocycles. The van der Waals surface area contributed by atoms with E-state index in [9.17, 15) is 4.79 Å². The number of aromatic nitrogens is 2. The first kappa shape index (κ1) is 20.1. The highest BCUT2D eigenvalue weighted by Gasteiger charge is 2.19. The van der Waals surface area contributed by atoms with Gasteiger partial charge in [-0.25, -0.2) is 9.78 Å². The van der Waals surface area contributed by atoms with Gasteiger partial charge in [-0.15, -0.1) is 0 Å². The minimum absolute atomic E-state index is 0.0164. The van der Waals surface area contributed by atoms with E-state index in [1.54, 1.807) is 20.2 Å². The Labute approximate surface area is 163 Å². The number of pyridine rings is 1. The Morgan fingerprint density at radius 1 is 1.25 bits per heavy atom. The fraction of sp³-hybridized carbons (Fsp3) is 0.429. The van der Waals surface area contributed by atoms with E-state index < -0.39 is 6.16 Å². The van der Waals surface area contributed by atoms with Gasteiger partial charge in [0, 0.05) is 30.0 Å². The molecule has 3 rings (SSSR count).